The summed E-state index contributed by atoms with van der Waals surface area (Å²) in [5.74, 6) is 0.610. The van der Waals surface area contributed by atoms with Gasteiger partial charge in [-0.2, -0.15) is 5.26 Å². The van der Waals surface area contributed by atoms with E-state index in [1.807, 2.05) is 32.0 Å². The first-order valence-corrected chi connectivity index (χ1v) is 5.85. The minimum atomic E-state index is -0.190. The molecule has 1 aromatic carbocycles. The van der Waals surface area contributed by atoms with E-state index in [4.69, 9.17) is 14.7 Å². The Kier molecular flexibility index (Phi) is 5.14. The van der Waals surface area contributed by atoms with Crippen molar-refractivity contribution in [2.75, 3.05) is 20.8 Å². The number of nitrogens with zero attached hydrogens (tertiary/aromatic N) is 1. The van der Waals surface area contributed by atoms with E-state index in [1.54, 1.807) is 14.2 Å². The van der Waals surface area contributed by atoms with Crippen molar-refractivity contribution in [3.63, 3.8) is 0 Å². The van der Waals surface area contributed by atoms with Crippen LogP contribution < -0.4 is 10.1 Å². The van der Waals surface area contributed by atoms with Crippen molar-refractivity contribution in [1.29, 1.82) is 5.26 Å². The molecule has 0 amide bonds. The smallest absolute Gasteiger partial charge is 0.136 e. The molecule has 0 aromatic heterocycles. The maximum Gasteiger partial charge on any atom is 0.136 e. The second-order valence-corrected chi connectivity index (χ2v) is 4.71. The van der Waals surface area contributed by atoms with Gasteiger partial charge in [-0.1, -0.05) is 6.07 Å². The maximum absolute atomic E-state index is 9.00. The van der Waals surface area contributed by atoms with Gasteiger partial charge < -0.3 is 14.8 Å². The predicted molar refractivity (Wildman–Crippen MR) is 70.5 cm³/mol. The SMILES string of the molecule is COc1ccc(CNCC(C)(C)OC)cc1C#N. The van der Waals surface area contributed by atoms with Gasteiger partial charge >= 0.3 is 0 Å². The molecule has 0 saturated carbocycles. The van der Waals surface area contributed by atoms with Crippen LogP contribution in [0, 0.1) is 11.3 Å². The lowest BCUT2D eigenvalue weighted by Crippen LogP contribution is -2.36. The molecule has 1 N–H and O–H groups in total. The third-order valence-corrected chi connectivity index (χ3v) is 2.82. The lowest BCUT2D eigenvalue weighted by molar-refractivity contribution is 0.0230. The van der Waals surface area contributed by atoms with Gasteiger partial charge in [0, 0.05) is 20.2 Å². The van der Waals surface area contributed by atoms with Gasteiger partial charge in [0.05, 0.1) is 18.3 Å². The van der Waals surface area contributed by atoms with Crippen molar-refractivity contribution in [1.82, 2.24) is 5.32 Å². The molecular weight excluding hydrogens is 228 g/mol. The normalized spacial score (nSPS) is 11.1. The van der Waals surface area contributed by atoms with E-state index in [1.165, 1.54) is 0 Å². The highest BCUT2D eigenvalue weighted by Gasteiger charge is 2.15. The standard InChI is InChI=1S/C14H20N2O2/c1-14(2,18-4)10-16-9-11-5-6-13(17-3)12(7-11)8-15/h5-7,16H,9-10H2,1-4H3. The van der Waals surface area contributed by atoms with Crippen LogP contribution in [0.3, 0.4) is 0 Å². The van der Waals surface area contributed by atoms with Gasteiger partial charge in [0.25, 0.3) is 0 Å². The van der Waals surface area contributed by atoms with Crippen molar-refractivity contribution >= 4 is 0 Å². The summed E-state index contributed by atoms with van der Waals surface area (Å²) in [5.41, 5.74) is 1.42. The summed E-state index contributed by atoms with van der Waals surface area (Å²) in [5, 5.41) is 12.3. The molecule has 0 aliphatic rings. The quantitative estimate of drug-likeness (QED) is 0.837. The summed E-state index contributed by atoms with van der Waals surface area (Å²) in [6.07, 6.45) is 0. The molecule has 4 heteroatoms. The highest BCUT2D eigenvalue weighted by atomic mass is 16.5. The van der Waals surface area contributed by atoms with Gasteiger partial charge in [-0.25, -0.2) is 0 Å². The number of hydrogen-bond acceptors (Lipinski definition) is 4. The first kappa shape index (κ1) is 14.5. The molecule has 0 atom stereocenters. The Morgan fingerprint density at radius 3 is 2.61 bits per heavy atom. The molecule has 0 aliphatic heterocycles. The number of nitriles is 1. The number of nitrogens with one attached hydrogen (secondary N) is 1. The molecule has 0 aliphatic carbocycles. The lowest BCUT2D eigenvalue weighted by atomic mass is 10.1. The zero-order valence-electron chi connectivity index (χ0n) is 11.4. The zero-order chi connectivity index (χ0) is 13.6. The van der Waals surface area contributed by atoms with E-state index >= 15 is 0 Å². The molecule has 0 radical (unpaired) electrons. The average molecular weight is 248 g/mol. The van der Waals surface area contributed by atoms with Crippen LogP contribution in [0.2, 0.25) is 0 Å². The largest absolute Gasteiger partial charge is 0.495 e. The van der Waals surface area contributed by atoms with Crippen LogP contribution in [0.5, 0.6) is 5.75 Å². The number of hydrogen-bond donors (Lipinski definition) is 1. The van der Waals surface area contributed by atoms with E-state index in [9.17, 15) is 0 Å². The summed E-state index contributed by atoms with van der Waals surface area (Å²) in [4.78, 5) is 0. The van der Waals surface area contributed by atoms with Gasteiger partial charge in [0.2, 0.25) is 0 Å². The number of rotatable bonds is 6. The van der Waals surface area contributed by atoms with Crippen LogP contribution in [0.4, 0.5) is 0 Å². The molecule has 4 nitrogen and oxygen atoms in total. The molecular formula is C14H20N2O2. The van der Waals surface area contributed by atoms with E-state index in [0.717, 1.165) is 12.1 Å². The number of benzene rings is 1. The Hall–Kier alpha value is -1.57. The molecule has 18 heavy (non-hydrogen) atoms. The summed E-state index contributed by atoms with van der Waals surface area (Å²) in [7, 11) is 3.26. The zero-order valence-corrected chi connectivity index (χ0v) is 11.4. The minimum absolute atomic E-state index is 0.190. The Bertz CT molecular complexity index is 436. The average Bonchev–Trinajstić information content (AvgIpc) is 2.38. The van der Waals surface area contributed by atoms with E-state index in [0.29, 0.717) is 17.9 Å². The Balaban J connectivity index is 2.62. The third-order valence-electron chi connectivity index (χ3n) is 2.82. The third kappa shape index (κ3) is 4.02. The van der Waals surface area contributed by atoms with Crippen LogP contribution in [-0.4, -0.2) is 26.4 Å². The van der Waals surface area contributed by atoms with Crippen molar-refractivity contribution < 1.29 is 9.47 Å². The summed E-state index contributed by atoms with van der Waals surface area (Å²) in [6.45, 7) is 5.49. The fourth-order valence-corrected chi connectivity index (χ4v) is 1.53. The Labute approximate surface area is 109 Å². The molecule has 0 spiro atoms. The first-order valence-electron chi connectivity index (χ1n) is 5.85. The van der Waals surface area contributed by atoms with Gasteiger partial charge in [-0.15, -0.1) is 0 Å². The molecule has 0 bridgehead atoms. The van der Waals surface area contributed by atoms with Crippen LogP contribution >= 0.6 is 0 Å². The molecule has 1 aromatic rings. The van der Waals surface area contributed by atoms with E-state index in [-0.39, 0.29) is 5.60 Å². The monoisotopic (exact) mass is 248 g/mol. The van der Waals surface area contributed by atoms with Crippen LogP contribution in [-0.2, 0) is 11.3 Å². The highest BCUT2D eigenvalue weighted by Crippen LogP contribution is 2.18. The van der Waals surface area contributed by atoms with E-state index < -0.39 is 0 Å². The molecule has 98 valence electrons. The van der Waals surface area contributed by atoms with Crippen LogP contribution in [0.25, 0.3) is 0 Å². The van der Waals surface area contributed by atoms with Crippen LogP contribution in [0.1, 0.15) is 25.0 Å². The maximum atomic E-state index is 9.00. The fourth-order valence-electron chi connectivity index (χ4n) is 1.53. The summed E-state index contributed by atoms with van der Waals surface area (Å²) in [6, 6.07) is 7.73. The summed E-state index contributed by atoms with van der Waals surface area (Å²) < 4.78 is 10.4. The Morgan fingerprint density at radius 2 is 2.06 bits per heavy atom. The van der Waals surface area contributed by atoms with Crippen molar-refractivity contribution in [3.8, 4) is 11.8 Å². The number of methoxy groups -OCH3 is 2. The van der Waals surface area contributed by atoms with Crippen molar-refractivity contribution in [3.05, 3.63) is 29.3 Å². The molecule has 0 fully saturated rings. The second kappa shape index (κ2) is 6.39. The van der Waals surface area contributed by atoms with Crippen molar-refractivity contribution in [2.24, 2.45) is 0 Å². The first-order chi connectivity index (χ1) is 8.52. The molecule has 0 saturated heterocycles. The Morgan fingerprint density at radius 1 is 1.33 bits per heavy atom. The fraction of sp³-hybridized carbons (Fsp3) is 0.500. The van der Waals surface area contributed by atoms with Gasteiger partial charge in [0.1, 0.15) is 11.8 Å². The van der Waals surface area contributed by atoms with Gasteiger partial charge in [-0.05, 0) is 31.5 Å². The lowest BCUT2D eigenvalue weighted by Gasteiger charge is -2.23. The van der Waals surface area contributed by atoms with Gasteiger partial charge in [0.15, 0.2) is 0 Å². The van der Waals surface area contributed by atoms with E-state index in [2.05, 4.69) is 11.4 Å². The molecule has 0 unspecified atom stereocenters. The topological polar surface area (TPSA) is 54.3 Å². The molecule has 1 rings (SSSR count). The number of ether oxygens (including phenoxy) is 2. The van der Waals surface area contributed by atoms with Crippen LogP contribution in [0.15, 0.2) is 18.2 Å². The van der Waals surface area contributed by atoms with Crippen molar-refractivity contribution in [2.45, 2.75) is 26.0 Å². The summed E-state index contributed by atoms with van der Waals surface area (Å²) >= 11 is 0. The minimum Gasteiger partial charge on any atom is -0.495 e. The van der Waals surface area contributed by atoms with Gasteiger partial charge in [-0.3, -0.25) is 0 Å². The molecule has 0 heterocycles. The highest BCUT2D eigenvalue weighted by molar-refractivity contribution is 5.45. The second-order valence-electron chi connectivity index (χ2n) is 4.71. The predicted octanol–water partition coefficient (Wildman–Crippen LogP) is 2.08.